The largest absolute Gasteiger partial charge is 0.354 e. The fraction of sp³-hybridized carbons (Fsp3) is 0.636. The van der Waals surface area contributed by atoms with E-state index in [4.69, 9.17) is 0 Å². The third-order valence-corrected chi connectivity index (χ3v) is 3.14. The summed E-state index contributed by atoms with van der Waals surface area (Å²) >= 11 is 1.69. The molecular weight excluding hydrogens is 266 g/mol. The second-order valence-electron chi connectivity index (χ2n) is 4.01. The van der Waals surface area contributed by atoms with E-state index in [9.17, 15) is 10.1 Å². The molecule has 1 aromatic heterocycles. The summed E-state index contributed by atoms with van der Waals surface area (Å²) in [7, 11) is 1.81. The van der Waals surface area contributed by atoms with Crippen molar-refractivity contribution in [2.24, 2.45) is 0 Å². The van der Waals surface area contributed by atoms with E-state index < -0.39 is 4.92 Å². The number of thioether (sulfide) groups is 1. The SMILES string of the molecule is CCNc1nc(C)c([N+](=O)[O-])c(N(C)CCSC)n1. The van der Waals surface area contributed by atoms with Crippen LogP contribution in [0.5, 0.6) is 0 Å². The van der Waals surface area contributed by atoms with Gasteiger partial charge in [-0.25, -0.2) is 4.98 Å². The van der Waals surface area contributed by atoms with Crippen molar-refractivity contribution in [3.63, 3.8) is 0 Å². The predicted octanol–water partition coefficient (Wildman–Crippen LogP) is 1.92. The molecule has 1 heterocycles. The molecule has 1 aromatic rings. The minimum absolute atomic E-state index is 0.0229. The molecule has 0 unspecified atom stereocenters. The van der Waals surface area contributed by atoms with Gasteiger partial charge in [0.2, 0.25) is 11.8 Å². The Morgan fingerprint density at radius 3 is 2.68 bits per heavy atom. The first-order valence-corrected chi connectivity index (χ1v) is 7.37. The van der Waals surface area contributed by atoms with Crippen molar-refractivity contribution in [3.05, 3.63) is 15.8 Å². The Balaban J connectivity index is 3.19. The Morgan fingerprint density at radius 1 is 1.47 bits per heavy atom. The summed E-state index contributed by atoms with van der Waals surface area (Å²) in [6.07, 6.45) is 2.00. The van der Waals surface area contributed by atoms with E-state index in [-0.39, 0.29) is 5.69 Å². The lowest BCUT2D eigenvalue weighted by Crippen LogP contribution is -2.23. The van der Waals surface area contributed by atoms with E-state index in [2.05, 4.69) is 15.3 Å². The zero-order chi connectivity index (χ0) is 14.4. The summed E-state index contributed by atoms with van der Waals surface area (Å²) in [5, 5.41) is 14.2. The van der Waals surface area contributed by atoms with E-state index in [0.29, 0.717) is 30.5 Å². The van der Waals surface area contributed by atoms with Crippen LogP contribution in [0.4, 0.5) is 17.5 Å². The summed E-state index contributed by atoms with van der Waals surface area (Å²) in [5.41, 5.74) is 0.354. The second kappa shape index (κ2) is 7.13. The summed E-state index contributed by atoms with van der Waals surface area (Å²) in [4.78, 5) is 20.9. The van der Waals surface area contributed by atoms with Crippen molar-refractivity contribution in [2.75, 3.05) is 42.4 Å². The fourth-order valence-electron chi connectivity index (χ4n) is 1.60. The van der Waals surface area contributed by atoms with Gasteiger partial charge in [-0.2, -0.15) is 16.7 Å². The lowest BCUT2D eigenvalue weighted by atomic mass is 10.3. The highest BCUT2D eigenvalue weighted by molar-refractivity contribution is 7.98. The number of nitrogens with zero attached hydrogens (tertiary/aromatic N) is 4. The van der Waals surface area contributed by atoms with Gasteiger partial charge in [-0.3, -0.25) is 10.1 Å². The van der Waals surface area contributed by atoms with Crippen LogP contribution >= 0.6 is 11.8 Å². The lowest BCUT2D eigenvalue weighted by molar-refractivity contribution is -0.385. The number of hydrogen-bond donors (Lipinski definition) is 1. The van der Waals surface area contributed by atoms with Crippen molar-refractivity contribution in [3.8, 4) is 0 Å². The standard InChI is InChI=1S/C11H19N5O2S/c1-5-12-11-13-8(2)9(16(17)18)10(14-11)15(3)6-7-19-4/h5-7H2,1-4H3,(H,12,13,14). The highest BCUT2D eigenvalue weighted by Gasteiger charge is 2.24. The number of nitro groups is 1. The quantitative estimate of drug-likeness (QED) is 0.605. The van der Waals surface area contributed by atoms with Gasteiger partial charge in [0.05, 0.1) is 4.92 Å². The molecule has 0 aliphatic carbocycles. The van der Waals surface area contributed by atoms with Crippen LogP contribution in [0.2, 0.25) is 0 Å². The molecule has 0 atom stereocenters. The maximum Gasteiger partial charge on any atom is 0.332 e. The second-order valence-corrected chi connectivity index (χ2v) is 4.99. The third-order valence-electron chi connectivity index (χ3n) is 2.55. The molecule has 1 N–H and O–H groups in total. The smallest absolute Gasteiger partial charge is 0.332 e. The van der Waals surface area contributed by atoms with Gasteiger partial charge in [-0.05, 0) is 20.1 Å². The molecular formula is C11H19N5O2S. The Morgan fingerprint density at radius 2 is 2.16 bits per heavy atom. The Kier molecular flexibility index (Phi) is 5.81. The van der Waals surface area contributed by atoms with E-state index in [1.54, 1.807) is 30.6 Å². The normalized spacial score (nSPS) is 10.3. The van der Waals surface area contributed by atoms with Gasteiger partial charge in [0, 0.05) is 25.9 Å². The predicted molar refractivity (Wildman–Crippen MR) is 79.2 cm³/mol. The van der Waals surface area contributed by atoms with Crippen LogP contribution in [0, 0.1) is 17.0 Å². The Hall–Kier alpha value is -1.57. The molecule has 0 saturated heterocycles. The average Bonchev–Trinajstić information content (AvgIpc) is 2.35. The van der Waals surface area contributed by atoms with Crippen molar-refractivity contribution in [1.29, 1.82) is 0 Å². The molecule has 0 saturated carbocycles. The fourth-order valence-corrected chi connectivity index (χ4v) is 2.06. The Labute approximate surface area is 117 Å². The van der Waals surface area contributed by atoms with Crippen LogP contribution < -0.4 is 10.2 Å². The van der Waals surface area contributed by atoms with Gasteiger partial charge in [0.1, 0.15) is 5.69 Å². The van der Waals surface area contributed by atoms with Crippen LogP contribution in [0.15, 0.2) is 0 Å². The zero-order valence-electron chi connectivity index (χ0n) is 11.6. The maximum atomic E-state index is 11.2. The number of anilines is 2. The molecule has 19 heavy (non-hydrogen) atoms. The number of hydrogen-bond acceptors (Lipinski definition) is 7. The Bertz CT molecular complexity index is 455. The highest BCUT2D eigenvalue weighted by Crippen LogP contribution is 2.29. The van der Waals surface area contributed by atoms with Crippen LogP contribution in [0.25, 0.3) is 0 Å². The van der Waals surface area contributed by atoms with Crippen molar-refractivity contribution < 1.29 is 4.92 Å². The molecule has 0 aliphatic rings. The first-order valence-electron chi connectivity index (χ1n) is 5.98. The molecule has 0 aliphatic heterocycles. The van der Waals surface area contributed by atoms with Crippen LogP contribution in [0.3, 0.4) is 0 Å². The number of rotatable bonds is 7. The first-order chi connectivity index (χ1) is 9.01. The van der Waals surface area contributed by atoms with Gasteiger partial charge >= 0.3 is 5.69 Å². The number of nitrogens with one attached hydrogen (secondary N) is 1. The van der Waals surface area contributed by atoms with Gasteiger partial charge in [0.25, 0.3) is 0 Å². The van der Waals surface area contributed by atoms with E-state index in [1.165, 1.54) is 0 Å². The average molecular weight is 285 g/mol. The molecule has 0 fully saturated rings. The van der Waals surface area contributed by atoms with Crippen molar-refractivity contribution in [1.82, 2.24) is 9.97 Å². The molecule has 106 valence electrons. The third kappa shape index (κ3) is 3.95. The summed E-state index contributed by atoms with van der Waals surface area (Å²) in [6.45, 7) is 4.93. The van der Waals surface area contributed by atoms with Gasteiger partial charge in [0.15, 0.2) is 0 Å². The van der Waals surface area contributed by atoms with Crippen LogP contribution in [-0.2, 0) is 0 Å². The van der Waals surface area contributed by atoms with Gasteiger partial charge < -0.3 is 10.2 Å². The monoisotopic (exact) mass is 285 g/mol. The minimum atomic E-state index is -0.421. The number of aromatic nitrogens is 2. The van der Waals surface area contributed by atoms with Gasteiger partial charge in [-0.1, -0.05) is 0 Å². The van der Waals surface area contributed by atoms with E-state index >= 15 is 0 Å². The topological polar surface area (TPSA) is 84.2 Å². The summed E-state index contributed by atoms with van der Waals surface area (Å²) < 4.78 is 0. The van der Waals surface area contributed by atoms with Crippen LogP contribution in [0.1, 0.15) is 12.6 Å². The van der Waals surface area contributed by atoms with Crippen molar-refractivity contribution in [2.45, 2.75) is 13.8 Å². The molecule has 0 aromatic carbocycles. The molecule has 0 amide bonds. The molecule has 0 radical (unpaired) electrons. The molecule has 0 bridgehead atoms. The van der Waals surface area contributed by atoms with Crippen LogP contribution in [-0.4, -0.2) is 47.0 Å². The zero-order valence-corrected chi connectivity index (χ0v) is 12.5. The molecule has 1 rings (SSSR count). The maximum absolute atomic E-state index is 11.2. The number of aryl methyl sites for hydroxylation is 1. The van der Waals surface area contributed by atoms with Gasteiger partial charge in [-0.15, -0.1) is 0 Å². The molecule has 8 heteroatoms. The minimum Gasteiger partial charge on any atom is -0.354 e. The first kappa shape index (κ1) is 15.5. The highest BCUT2D eigenvalue weighted by atomic mass is 32.2. The summed E-state index contributed by atoms with van der Waals surface area (Å²) in [5.74, 6) is 1.67. The lowest BCUT2D eigenvalue weighted by Gasteiger charge is -2.18. The van der Waals surface area contributed by atoms with E-state index in [1.807, 2.05) is 13.2 Å². The molecule has 0 spiro atoms. The molecule has 7 nitrogen and oxygen atoms in total. The van der Waals surface area contributed by atoms with Crippen molar-refractivity contribution >= 4 is 29.2 Å². The van der Waals surface area contributed by atoms with E-state index in [0.717, 1.165) is 5.75 Å². The summed E-state index contributed by atoms with van der Waals surface area (Å²) in [6, 6.07) is 0.